The van der Waals surface area contributed by atoms with Crippen LogP contribution in [0.5, 0.6) is 0 Å². The Bertz CT molecular complexity index is 435. The van der Waals surface area contributed by atoms with Crippen molar-refractivity contribution in [2.45, 2.75) is 18.9 Å². The summed E-state index contributed by atoms with van der Waals surface area (Å²) in [7, 11) is 0. The molecular weight excluding hydrogens is 222 g/mol. The molecule has 0 spiro atoms. The molecule has 1 aliphatic rings. The van der Waals surface area contributed by atoms with E-state index in [2.05, 4.69) is 0 Å². The molecule has 1 aliphatic heterocycles. The van der Waals surface area contributed by atoms with Crippen molar-refractivity contribution in [2.75, 3.05) is 6.54 Å². The monoisotopic (exact) mass is 235 g/mol. The molecule has 2 heterocycles. The number of amides is 1. The lowest BCUT2D eigenvalue weighted by Crippen LogP contribution is -2.39. The summed E-state index contributed by atoms with van der Waals surface area (Å²) in [6.07, 6.45) is 5.66. The standard InChI is InChI=1S/C12H13NO4/c14-11(6-5-9-3-2-8-17-9)13-7-1-4-10(13)12(15)16/h2-3,5-6,8,10H,1,4,7H2,(H,15,16). The van der Waals surface area contributed by atoms with Gasteiger partial charge in [-0.25, -0.2) is 4.79 Å². The number of carbonyl (C=O) groups is 2. The first-order valence-electron chi connectivity index (χ1n) is 5.43. The SMILES string of the molecule is O=C(O)C1CCCN1C(=O)C=Cc1ccco1. The van der Waals surface area contributed by atoms with Crippen LogP contribution in [0, 0.1) is 0 Å². The highest BCUT2D eigenvalue weighted by Gasteiger charge is 2.32. The quantitative estimate of drug-likeness (QED) is 0.803. The number of hydrogen-bond donors (Lipinski definition) is 1. The first-order chi connectivity index (χ1) is 8.18. The highest BCUT2D eigenvalue weighted by Crippen LogP contribution is 2.18. The molecule has 1 N–H and O–H groups in total. The van der Waals surface area contributed by atoms with Crippen LogP contribution in [0.25, 0.3) is 6.08 Å². The zero-order chi connectivity index (χ0) is 12.3. The van der Waals surface area contributed by atoms with Gasteiger partial charge in [-0.2, -0.15) is 0 Å². The zero-order valence-corrected chi connectivity index (χ0v) is 9.20. The molecule has 1 fully saturated rings. The number of hydrogen-bond acceptors (Lipinski definition) is 3. The number of carbonyl (C=O) groups excluding carboxylic acids is 1. The number of nitrogens with zero attached hydrogens (tertiary/aromatic N) is 1. The van der Waals surface area contributed by atoms with Gasteiger partial charge in [-0.1, -0.05) is 0 Å². The third-order valence-electron chi connectivity index (χ3n) is 2.75. The molecule has 90 valence electrons. The summed E-state index contributed by atoms with van der Waals surface area (Å²) in [4.78, 5) is 24.1. The average Bonchev–Trinajstić information content (AvgIpc) is 2.96. The molecule has 1 aromatic heterocycles. The lowest BCUT2D eigenvalue weighted by molar-refractivity contribution is -0.146. The molecule has 1 aromatic rings. The summed E-state index contributed by atoms with van der Waals surface area (Å²) in [6, 6.07) is 2.76. The van der Waals surface area contributed by atoms with Gasteiger partial charge in [-0.15, -0.1) is 0 Å². The Morgan fingerprint density at radius 2 is 2.35 bits per heavy atom. The molecular formula is C12H13NO4. The number of likely N-dealkylation sites (tertiary alicyclic amines) is 1. The average molecular weight is 235 g/mol. The molecule has 1 atom stereocenters. The minimum Gasteiger partial charge on any atom is -0.480 e. The molecule has 0 bridgehead atoms. The van der Waals surface area contributed by atoms with Gasteiger partial charge in [0.1, 0.15) is 11.8 Å². The summed E-state index contributed by atoms with van der Waals surface area (Å²) in [5, 5.41) is 8.95. The predicted molar refractivity (Wildman–Crippen MR) is 60.1 cm³/mol. The van der Waals surface area contributed by atoms with Crippen molar-refractivity contribution in [1.29, 1.82) is 0 Å². The molecule has 1 unspecified atom stereocenters. The van der Waals surface area contributed by atoms with Crippen molar-refractivity contribution in [1.82, 2.24) is 4.90 Å². The van der Waals surface area contributed by atoms with Crippen LogP contribution in [-0.4, -0.2) is 34.5 Å². The topological polar surface area (TPSA) is 70.8 Å². The Hall–Kier alpha value is -2.04. The van der Waals surface area contributed by atoms with Crippen molar-refractivity contribution in [3.8, 4) is 0 Å². The molecule has 5 nitrogen and oxygen atoms in total. The highest BCUT2D eigenvalue weighted by molar-refractivity contribution is 5.94. The second-order valence-corrected chi connectivity index (χ2v) is 3.88. The zero-order valence-electron chi connectivity index (χ0n) is 9.20. The number of rotatable bonds is 3. The van der Waals surface area contributed by atoms with Crippen LogP contribution in [0.2, 0.25) is 0 Å². The first kappa shape index (κ1) is 11.4. The van der Waals surface area contributed by atoms with E-state index in [-0.39, 0.29) is 5.91 Å². The molecule has 0 saturated carbocycles. The molecule has 0 aromatic carbocycles. The van der Waals surface area contributed by atoms with Crippen molar-refractivity contribution >= 4 is 18.0 Å². The van der Waals surface area contributed by atoms with Crippen LogP contribution in [0.15, 0.2) is 28.9 Å². The number of aliphatic carboxylic acids is 1. The van der Waals surface area contributed by atoms with Gasteiger partial charge in [-0.05, 0) is 31.1 Å². The summed E-state index contributed by atoms with van der Waals surface area (Å²) in [6.45, 7) is 0.498. The van der Waals surface area contributed by atoms with Crippen LogP contribution in [-0.2, 0) is 9.59 Å². The van der Waals surface area contributed by atoms with Gasteiger partial charge in [0.05, 0.1) is 6.26 Å². The lowest BCUT2D eigenvalue weighted by atomic mass is 10.2. The van der Waals surface area contributed by atoms with Gasteiger partial charge in [0, 0.05) is 12.6 Å². The molecule has 2 rings (SSSR count). The minimum atomic E-state index is -0.942. The first-order valence-corrected chi connectivity index (χ1v) is 5.43. The maximum absolute atomic E-state index is 11.8. The van der Waals surface area contributed by atoms with Gasteiger partial charge in [0.2, 0.25) is 5.91 Å². The van der Waals surface area contributed by atoms with E-state index in [4.69, 9.17) is 9.52 Å². The second kappa shape index (κ2) is 4.86. The largest absolute Gasteiger partial charge is 0.480 e. The third kappa shape index (κ3) is 2.55. The smallest absolute Gasteiger partial charge is 0.326 e. The second-order valence-electron chi connectivity index (χ2n) is 3.88. The normalized spacial score (nSPS) is 20.0. The summed E-state index contributed by atoms with van der Waals surface area (Å²) in [5.41, 5.74) is 0. The van der Waals surface area contributed by atoms with Crippen LogP contribution >= 0.6 is 0 Å². The van der Waals surface area contributed by atoms with E-state index in [1.54, 1.807) is 18.2 Å². The van der Waals surface area contributed by atoms with Gasteiger partial charge >= 0.3 is 5.97 Å². The minimum absolute atomic E-state index is 0.286. The van der Waals surface area contributed by atoms with Crippen molar-refractivity contribution < 1.29 is 19.1 Å². The Labute approximate surface area is 98.3 Å². The Morgan fingerprint density at radius 3 is 3.00 bits per heavy atom. The summed E-state index contributed by atoms with van der Waals surface area (Å²) < 4.78 is 5.05. The van der Waals surface area contributed by atoms with E-state index in [9.17, 15) is 9.59 Å². The molecule has 0 radical (unpaired) electrons. The highest BCUT2D eigenvalue weighted by atomic mass is 16.4. The van der Waals surface area contributed by atoms with Crippen molar-refractivity contribution in [3.63, 3.8) is 0 Å². The van der Waals surface area contributed by atoms with Gasteiger partial charge in [0.25, 0.3) is 0 Å². The van der Waals surface area contributed by atoms with Gasteiger partial charge in [-0.3, -0.25) is 4.79 Å². The fraction of sp³-hybridized carbons (Fsp3) is 0.333. The fourth-order valence-corrected chi connectivity index (χ4v) is 1.92. The molecule has 5 heteroatoms. The van der Waals surface area contributed by atoms with E-state index >= 15 is 0 Å². The molecule has 0 aliphatic carbocycles. The number of carboxylic acids is 1. The Balaban J connectivity index is 2.02. The maximum Gasteiger partial charge on any atom is 0.326 e. The number of carboxylic acid groups (broad SMARTS) is 1. The molecule has 17 heavy (non-hydrogen) atoms. The lowest BCUT2D eigenvalue weighted by Gasteiger charge is -2.19. The van der Waals surface area contributed by atoms with Gasteiger partial charge < -0.3 is 14.4 Å². The van der Waals surface area contributed by atoms with Crippen LogP contribution in [0.4, 0.5) is 0 Å². The fourth-order valence-electron chi connectivity index (χ4n) is 1.92. The maximum atomic E-state index is 11.8. The molecule has 1 saturated heterocycles. The molecule has 1 amide bonds. The van der Waals surface area contributed by atoms with Gasteiger partial charge in [0.15, 0.2) is 0 Å². The Morgan fingerprint density at radius 1 is 1.53 bits per heavy atom. The summed E-state index contributed by atoms with van der Waals surface area (Å²) in [5.74, 6) is -0.655. The van der Waals surface area contributed by atoms with Crippen molar-refractivity contribution in [2.24, 2.45) is 0 Å². The number of furan rings is 1. The van der Waals surface area contributed by atoms with Crippen LogP contribution in [0.1, 0.15) is 18.6 Å². The predicted octanol–water partition coefficient (Wildman–Crippen LogP) is 1.37. The van der Waals surface area contributed by atoms with E-state index < -0.39 is 12.0 Å². The van der Waals surface area contributed by atoms with E-state index in [0.29, 0.717) is 18.7 Å². The third-order valence-corrected chi connectivity index (χ3v) is 2.75. The van der Waals surface area contributed by atoms with E-state index in [0.717, 1.165) is 6.42 Å². The summed E-state index contributed by atoms with van der Waals surface area (Å²) >= 11 is 0. The van der Waals surface area contributed by atoms with Crippen LogP contribution < -0.4 is 0 Å². The van der Waals surface area contributed by atoms with E-state index in [1.807, 2.05) is 0 Å². The van der Waals surface area contributed by atoms with Crippen LogP contribution in [0.3, 0.4) is 0 Å². The van der Waals surface area contributed by atoms with E-state index in [1.165, 1.54) is 17.2 Å². The Kier molecular flexibility index (Phi) is 3.27. The van der Waals surface area contributed by atoms with Crippen molar-refractivity contribution in [3.05, 3.63) is 30.2 Å².